The van der Waals surface area contributed by atoms with Crippen molar-refractivity contribution < 1.29 is 23.1 Å². The molecule has 0 spiro atoms. The molecule has 3 nitrogen and oxygen atoms in total. The maximum atomic E-state index is 12.5. The molecule has 0 bridgehead atoms. The maximum Gasteiger partial charge on any atom is 0.416 e. The summed E-state index contributed by atoms with van der Waals surface area (Å²) >= 11 is 0. The number of aromatic carboxylic acids is 1. The highest BCUT2D eigenvalue weighted by molar-refractivity contribution is 5.89. The van der Waals surface area contributed by atoms with Crippen LogP contribution in [0.3, 0.4) is 0 Å². The molecule has 1 aromatic carbocycles. The molecule has 1 fully saturated rings. The number of carboxylic acid groups (broad SMARTS) is 1. The molecule has 1 aromatic rings. The van der Waals surface area contributed by atoms with Gasteiger partial charge in [0.05, 0.1) is 11.1 Å². The molecule has 0 atom stereocenters. The zero-order chi connectivity index (χ0) is 14.0. The quantitative estimate of drug-likeness (QED) is 0.886. The molecular formula is C13H14F3NO2. The lowest BCUT2D eigenvalue weighted by atomic mass is 9.92. The Balaban J connectivity index is 2.19. The van der Waals surface area contributed by atoms with Crippen molar-refractivity contribution in [1.82, 2.24) is 5.32 Å². The lowest BCUT2D eigenvalue weighted by Crippen LogP contribution is -2.34. The Labute approximate surface area is 108 Å². The van der Waals surface area contributed by atoms with Crippen molar-refractivity contribution in [2.24, 2.45) is 0 Å². The summed E-state index contributed by atoms with van der Waals surface area (Å²) in [4.78, 5) is 11.0. The zero-order valence-electron chi connectivity index (χ0n) is 10.1. The average molecular weight is 273 g/mol. The molecule has 0 aromatic heterocycles. The van der Waals surface area contributed by atoms with Crippen LogP contribution in [-0.4, -0.2) is 17.1 Å². The lowest BCUT2D eigenvalue weighted by molar-refractivity contribution is -0.137. The van der Waals surface area contributed by atoms with E-state index in [2.05, 4.69) is 5.32 Å². The second-order valence-corrected chi connectivity index (χ2v) is 4.68. The van der Waals surface area contributed by atoms with Crippen LogP contribution in [0.2, 0.25) is 0 Å². The third kappa shape index (κ3) is 3.26. The van der Waals surface area contributed by atoms with Gasteiger partial charge in [-0.05, 0) is 30.5 Å². The molecule has 0 heterocycles. The molecule has 2 rings (SSSR count). The van der Waals surface area contributed by atoms with E-state index in [-0.39, 0.29) is 12.1 Å². The number of alkyl halides is 3. The molecule has 0 aliphatic heterocycles. The van der Waals surface area contributed by atoms with Crippen LogP contribution in [0.1, 0.15) is 40.7 Å². The third-order valence-corrected chi connectivity index (χ3v) is 3.35. The Hall–Kier alpha value is -1.56. The number of nitrogens with one attached hydrogen (secondary N) is 1. The minimum Gasteiger partial charge on any atom is -0.478 e. The highest BCUT2D eigenvalue weighted by Crippen LogP contribution is 2.30. The van der Waals surface area contributed by atoms with Gasteiger partial charge in [-0.3, -0.25) is 0 Å². The molecule has 0 unspecified atom stereocenters. The molecule has 2 N–H and O–H groups in total. The van der Waals surface area contributed by atoms with E-state index < -0.39 is 17.7 Å². The van der Waals surface area contributed by atoms with E-state index in [1.54, 1.807) is 0 Å². The van der Waals surface area contributed by atoms with E-state index in [1.807, 2.05) is 0 Å². The number of hydrogen-bond donors (Lipinski definition) is 2. The van der Waals surface area contributed by atoms with Gasteiger partial charge in [0.1, 0.15) is 0 Å². The Morgan fingerprint density at radius 1 is 1.37 bits per heavy atom. The SMILES string of the molecule is O=C(O)c1cc(C(F)(F)F)ccc1CNC1CCC1. The Morgan fingerprint density at radius 2 is 2.05 bits per heavy atom. The van der Waals surface area contributed by atoms with Crippen LogP contribution >= 0.6 is 0 Å². The fourth-order valence-electron chi connectivity index (χ4n) is 1.97. The number of rotatable bonds is 4. The topological polar surface area (TPSA) is 49.3 Å². The number of benzene rings is 1. The van der Waals surface area contributed by atoms with Gasteiger partial charge < -0.3 is 10.4 Å². The van der Waals surface area contributed by atoms with Gasteiger partial charge in [-0.1, -0.05) is 12.5 Å². The molecule has 1 saturated carbocycles. The highest BCUT2D eigenvalue weighted by atomic mass is 19.4. The Morgan fingerprint density at radius 3 is 2.53 bits per heavy atom. The van der Waals surface area contributed by atoms with E-state index in [0.29, 0.717) is 17.7 Å². The van der Waals surface area contributed by atoms with Crippen LogP contribution in [0.5, 0.6) is 0 Å². The van der Waals surface area contributed by atoms with Crippen LogP contribution in [0, 0.1) is 0 Å². The standard InChI is InChI=1S/C13H14F3NO2/c14-13(15,16)9-5-4-8(11(6-9)12(18)19)7-17-10-2-1-3-10/h4-6,10,17H,1-3,7H2,(H,18,19). The maximum absolute atomic E-state index is 12.5. The van der Waals surface area contributed by atoms with Gasteiger partial charge in [0.2, 0.25) is 0 Å². The summed E-state index contributed by atoms with van der Waals surface area (Å²) in [6.07, 6.45) is -1.33. The molecule has 6 heteroatoms. The molecule has 0 saturated heterocycles. The number of carboxylic acids is 1. The molecule has 104 valence electrons. The molecule has 19 heavy (non-hydrogen) atoms. The highest BCUT2D eigenvalue weighted by Gasteiger charge is 2.31. The van der Waals surface area contributed by atoms with Crippen molar-refractivity contribution in [3.05, 3.63) is 34.9 Å². The third-order valence-electron chi connectivity index (χ3n) is 3.35. The molecule has 1 aliphatic carbocycles. The monoisotopic (exact) mass is 273 g/mol. The van der Waals surface area contributed by atoms with Gasteiger partial charge in [0, 0.05) is 12.6 Å². The van der Waals surface area contributed by atoms with Gasteiger partial charge in [0.15, 0.2) is 0 Å². The predicted molar refractivity (Wildman–Crippen MR) is 62.9 cm³/mol. The first-order chi connectivity index (χ1) is 8.88. The minimum absolute atomic E-state index is 0.282. The van der Waals surface area contributed by atoms with Crippen molar-refractivity contribution in [3.63, 3.8) is 0 Å². The van der Waals surface area contributed by atoms with E-state index in [4.69, 9.17) is 5.11 Å². The summed E-state index contributed by atoms with van der Waals surface area (Å²) in [5.41, 5.74) is -0.841. The summed E-state index contributed by atoms with van der Waals surface area (Å²) < 4.78 is 37.6. The second kappa shape index (κ2) is 5.21. The summed E-state index contributed by atoms with van der Waals surface area (Å²) in [7, 11) is 0. The Kier molecular flexibility index (Phi) is 3.80. The molecule has 0 radical (unpaired) electrons. The van der Waals surface area contributed by atoms with Gasteiger partial charge in [-0.2, -0.15) is 13.2 Å². The summed E-state index contributed by atoms with van der Waals surface area (Å²) in [5.74, 6) is -1.34. The molecule has 0 amide bonds. The predicted octanol–water partition coefficient (Wildman–Crippen LogP) is 3.05. The first-order valence-corrected chi connectivity index (χ1v) is 6.04. The van der Waals surface area contributed by atoms with E-state index >= 15 is 0 Å². The summed E-state index contributed by atoms with van der Waals surface area (Å²) in [6, 6.07) is 3.20. The van der Waals surface area contributed by atoms with Crippen molar-refractivity contribution >= 4 is 5.97 Å². The average Bonchev–Trinajstić information content (AvgIpc) is 2.25. The van der Waals surface area contributed by atoms with Crippen LogP contribution in [0.25, 0.3) is 0 Å². The van der Waals surface area contributed by atoms with Gasteiger partial charge in [-0.25, -0.2) is 4.79 Å². The van der Waals surface area contributed by atoms with Crippen LogP contribution < -0.4 is 5.32 Å². The van der Waals surface area contributed by atoms with Gasteiger partial charge >= 0.3 is 12.1 Å². The van der Waals surface area contributed by atoms with Crippen LogP contribution in [0.4, 0.5) is 13.2 Å². The van der Waals surface area contributed by atoms with Gasteiger partial charge in [-0.15, -0.1) is 0 Å². The number of halogens is 3. The minimum atomic E-state index is -4.52. The normalized spacial score (nSPS) is 16.2. The first kappa shape index (κ1) is 13.9. The summed E-state index contributed by atoms with van der Waals surface area (Å²) in [6.45, 7) is 0.282. The van der Waals surface area contributed by atoms with Gasteiger partial charge in [0.25, 0.3) is 0 Å². The van der Waals surface area contributed by atoms with Crippen molar-refractivity contribution in [1.29, 1.82) is 0 Å². The fourth-order valence-corrected chi connectivity index (χ4v) is 1.97. The molecule has 1 aliphatic rings. The smallest absolute Gasteiger partial charge is 0.416 e. The lowest BCUT2D eigenvalue weighted by Gasteiger charge is -2.26. The van der Waals surface area contributed by atoms with Crippen molar-refractivity contribution in [2.45, 2.75) is 38.0 Å². The van der Waals surface area contributed by atoms with Crippen LogP contribution in [0.15, 0.2) is 18.2 Å². The summed E-state index contributed by atoms with van der Waals surface area (Å²) in [5, 5.41) is 12.1. The second-order valence-electron chi connectivity index (χ2n) is 4.68. The van der Waals surface area contributed by atoms with Crippen LogP contribution in [-0.2, 0) is 12.7 Å². The largest absolute Gasteiger partial charge is 0.478 e. The Bertz CT molecular complexity index is 481. The van der Waals surface area contributed by atoms with Crippen molar-refractivity contribution in [2.75, 3.05) is 0 Å². The van der Waals surface area contributed by atoms with Crippen molar-refractivity contribution in [3.8, 4) is 0 Å². The van der Waals surface area contributed by atoms with E-state index in [0.717, 1.165) is 25.3 Å². The van der Waals surface area contributed by atoms with E-state index in [9.17, 15) is 18.0 Å². The molecular weight excluding hydrogens is 259 g/mol. The number of carbonyl (C=O) groups is 1. The fraction of sp³-hybridized carbons (Fsp3) is 0.462. The zero-order valence-corrected chi connectivity index (χ0v) is 10.1. The first-order valence-electron chi connectivity index (χ1n) is 6.04. The number of hydrogen-bond acceptors (Lipinski definition) is 2. The van der Waals surface area contributed by atoms with E-state index in [1.165, 1.54) is 6.07 Å².